The van der Waals surface area contributed by atoms with E-state index in [2.05, 4.69) is 39.6 Å². The number of hydrogen-bond acceptors (Lipinski definition) is 5. The van der Waals surface area contributed by atoms with Crippen LogP contribution in [0.25, 0.3) is 10.9 Å². The molecule has 0 spiro atoms. The van der Waals surface area contributed by atoms with E-state index in [1.54, 1.807) is 6.33 Å². The molecule has 3 aromatic rings. The number of nitrogens with zero attached hydrogens (tertiary/aromatic N) is 2. The molecule has 0 unspecified atom stereocenters. The number of fused-ring (bicyclic) bond motifs is 1. The quantitative estimate of drug-likeness (QED) is 0.681. The number of rotatable bonds is 6. The Bertz CT molecular complexity index is 844. The maximum absolute atomic E-state index is 5.87. The van der Waals surface area contributed by atoms with Gasteiger partial charge in [-0.05, 0) is 55.2 Å². The summed E-state index contributed by atoms with van der Waals surface area (Å²) < 4.78 is 5.77. The zero-order valence-electron chi connectivity index (χ0n) is 13.4. The summed E-state index contributed by atoms with van der Waals surface area (Å²) in [6.45, 7) is 0.795. The van der Waals surface area contributed by atoms with Crippen molar-refractivity contribution in [1.29, 1.82) is 0 Å². The standard InChI is InChI=1S/C19H20N4O/c20-14-3-8-18-17(11-14)19(23-12-22-18)21-10-9-13-1-4-15(5-2-13)24-16-6-7-16/h1-5,8,11-12,16H,6-7,9-10,20H2,(H,21,22,23). The summed E-state index contributed by atoms with van der Waals surface area (Å²) in [5.74, 6) is 1.78. The van der Waals surface area contributed by atoms with Crippen molar-refractivity contribution in [2.24, 2.45) is 0 Å². The minimum Gasteiger partial charge on any atom is -0.490 e. The summed E-state index contributed by atoms with van der Waals surface area (Å²) in [6, 6.07) is 14.0. The molecule has 1 aliphatic carbocycles. The average Bonchev–Trinajstić information content (AvgIpc) is 3.41. The lowest BCUT2D eigenvalue weighted by molar-refractivity contribution is 0.303. The number of nitrogens with one attached hydrogen (secondary N) is 1. The number of anilines is 2. The molecule has 5 nitrogen and oxygen atoms in total. The van der Waals surface area contributed by atoms with E-state index in [4.69, 9.17) is 10.5 Å². The molecule has 0 aliphatic heterocycles. The zero-order chi connectivity index (χ0) is 16.4. The Morgan fingerprint density at radius 1 is 1.08 bits per heavy atom. The molecule has 4 rings (SSSR count). The third-order valence-corrected chi connectivity index (χ3v) is 4.12. The van der Waals surface area contributed by atoms with Crippen LogP contribution in [0.2, 0.25) is 0 Å². The molecule has 1 heterocycles. The van der Waals surface area contributed by atoms with Gasteiger partial charge in [-0.3, -0.25) is 0 Å². The summed E-state index contributed by atoms with van der Waals surface area (Å²) in [5, 5.41) is 4.33. The minimum atomic E-state index is 0.441. The van der Waals surface area contributed by atoms with Crippen LogP contribution < -0.4 is 15.8 Å². The number of benzene rings is 2. The number of aromatic nitrogens is 2. The van der Waals surface area contributed by atoms with Gasteiger partial charge in [0.2, 0.25) is 0 Å². The van der Waals surface area contributed by atoms with Gasteiger partial charge in [0.05, 0.1) is 11.6 Å². The summed E-state index contributed by atoms with van der Waals surface area (Å²) in [4.78, 5) is 8.60. The highest BCUT2D eigenvalue weighted by Crippen LogP contribution is 2.27. The SMILES string of the molecule is Nc1ccc2ncnc(NCCc3ccc(OC4CC4)cc3)c2c1. The molecule has 1 fully saturated rings. The van der Waals surface area contributed by atoms with Crippen LogP contribution in [0.4, 0.5) is 11.5 Å². The topological polar surface area (TPSA) is 73.1 Å². The molecule has 5 heteroatoms. The molecule has 0 atom stereocenters. The first kappa shape index (κ1) is 14.8. The maximum atomic E-state index is 5.87. The molecule has 0 amide bonds. The predicted octanol–water partition coefficient (Wildman–Crippen LogP) is 3.41. The van der Waals surface area contributed by atoms with Gasteiger partial charge >= 0.3 is 0 Å². The van der Waals surface area contributed by atoms with Gasteiger partial charge in [-0.1, -0.05) is 12.1 Å². The summed E-state index contributed by atoms with van der Waals surface area (Å²) >= 11 is 0. The molecule has 122 valence electrons. The molecule has 0 bridgehead atoms. The minimum absolute atomic E-state index is 0.441. The van der Waals surface area contributed by atoms with Crippen LogP contribution in [0, 0.1) is 0 Å². The van der Waals surface area contributed by atoms with E-state index < -0.39 is 0 Å². The number of nitrogen functional groups attached to an aromatic ring is 1. The van der Waals surface area contributed by atoms with Crippen molar-refractivity contribution in [3.8, 4) is 5.75 Å². The Hall–Kier alpha value is -2.82. The van der Waals surface area contributed by atoms with Crippen LogP contribution in [0.15, 0.2) is 48.8 Å². The molecule has 0 radical (unpaired) electrons. The van der Waals surface area contributed by atoms with Crippen molar-refractivity contribution in [1.82, 2.24) is 9.97 Å². The van der Waals surface area contributed by atoms with Gasteiger partial charge in [0.1, 0.15) is 17.9 Å². The fourth-order valence-electron chi connectivity index (χ4n) is 2.65. The zero-order valence-corrected chi connectivity index (χ0v) is 13.4. The van der Waals surface area contributed by atoms with Crippen molar-refractivity contribution in [2.75, 3.05) is 17.6 Å². The van der Waals surface area contributed by atoms with Crippen LogP contribution in [0.5, 0.6) is 5.75 Å². The summed E-state index contributed by atoms with van der Waals surface area (Å²) in [6.07, 6.45) is 5.30. The molecule has 24 heavy (non-hydrogen) atoms. The second-order valence-electron chi connectivity index (χ2n) is 6.14. The lowest BCUT2D eigenvalue weighted by Crippen LogP contribution is -2.07. The predicted molar refractivity (Wildman–Crippen MR) is 96.2 cm³/mol. The fraction of sp³-hybridized carbons (Fsp3) is 0.263. The van der Waals surface area contributed by atoms with Crippen molar-refractivity contribution in [3.63, 3.8) is 0 Å². The van der Waals surface area contributed by atoms with E-state index >= 15 is 0 Å². The molecular weight excluding hydrogens is 300 g/mol. The number of ether oxygens (including phenoxy) is 1. The molecule has 3 N–H and O–H groups in total. The average molecular weight is 320 g/mol. The first-order valence-corrected chi connectivity index (χ1v) is 8.28. The van der Waals surface area contributed by atoms with E-state index in [9.17, 15) is 0 Å². The van der Waals surface area contributed by atoms with E-state index in [1.165, 1.54) is 18.4 Å². The Labute approximate surface area is 140 Å². The lowest BCUT2D eigenvalue weighted by Gasteiger charge is -2.09. The largest absolute Gasteiger partial charge is 0.490 e. The van der Waals surface area contributed by atoms with E-state index in [1.807, 2.05) is 18.2 Å². The van der Waals surface area contributed by atoms with Gasteiger partial charge in [-0.15, -0.1) is 0 Å². The molecule has 2 aromatic carbocycles. The van der Waals surface area contributed by atoms with Crippen LogP contribution in [-0.4, -0.2) is 22.6 Å². The first-order valence-electron chi connectivity index (χ1n) is 8.28. The fourth-order valence-corrected chi connectivity index (χ4v) is 2.65. The smallest absolute Gasteiger partial charge is 0.137 e. The first-order chi connectivity index (χ1) is 11.8. The van der Waals surface area contributed by atoms with Gasteiger partial charge < -0.3 is 15.8 Å². The van der Waals surface area contributed by atoms with Crippen molar-refractivity contribution >= 4 is 22.4 Å². The van der Waals surface area contributed by atoms with Crippen LogP contribution in [0.3, 0.4) is 0 Å². The summed E-state index contributed by atoms with van der Waals surface area (Å²) in [7, 11) is 0. The van der Waals surface area contributed by atoms with E-state index in [-0.39, 0.29) is 0 Å². The maximum Gasteiger partial charge on any atom is 0.137 e. The molecular formula is C19H20N4O. The van der Waals surface area contributed by atoms with Crippen LogP contribution in [0.1, 0.15) is 18.4 Å². The van der Waals surface area contributed by atoms with Gasteiger partial charge in [0, 0.05) is 17.6 Å². The Morgan fingerprint density at radius 2 is 1.92 bits per heavy atom. The Morgan fingerprint density at radius 3 is 2.71 bits per heavy atom. The monoisotopic (exact) mass is 320 g/mol. The van der Waals surface area contributed by atoms with Crippen LogP contribution >= 0.6 is 0 Å². The highest BCUT2D eigenvalue weighted by Gasteiger charge is 2.23. The van der Waals surface area contributed by atoms with Gasteiger partial charge in [0.15, 0.2) is 0 Å². The van der Waals surface area contributed by atoms with E-state index in [0.29, 0.717) is 11.8 Å². The van der Waals surface area contributed by atoms with E-state index in [0.717, 1.165) is 35.4 Å². The third kappa shape index (κ3) is 3.40. The summed E-state index contributed by atoms with van der Waals surface area (Å²) in [5.41, 5.74) is 8.74. The molecule has 1 saturated carbocycles. The highest BCUT2D eigenvalue weighted by molar-refractivity contribution is 5.91. The normalized spacial score (nSPS) is 13.8. The van der Waals surface area contributed by atoms with Crippen LogP contribution in [-0.2, 0) is 6.42 Å². The van der Waals surface area contributed by atoms with Crippen molar-refractivity contribution in [2.45, 2.75) is 25.4 Å². The van der Waals surface area contributed by atoms with Gasteiger partial charge in [0.25, 0.3) is 0 Å². The molecule has 1 aromatic heterocycles. The number of hydrogen-bond donors (Lipinski definition) is 2. The Balaban J connectivity index is 1.39. The molecule has 1 aliphatic rings. The van der Waals surface area contributed by atoms with Gasteiger partial charge in [-0.2, -0.15) is 0 Å². The van der Waals surface area contributed by atoms with Crippen molar-refractivity contribution in [3.05, 3.63) is 54.4 Å². The molecule has 0 saturated heterocycles. The Kier molecular flexibility index (Phi) is 3.91. The third-order valence-electron chi connectivity index (χ3n) is 4.12. The highest BCUT2D eigenvalue weighted by atomic mass is 16.5. The second-order valence-corrected chi connectivity index (χ2v) is 6.14. The van der Waals surface area contributed by atoms with Crippen molar-refractivity contribution < 1.29 is 4.74 Å². The second kappa shape index (κ2) is 6.35. The number of nitrogens with two attached hydrogens (primary N) is 1. The van der Waals surface area contributed by atoms with Gasteiger partial charge in [-0.25, -0.2) is 9.97 Å². The lowest BCUT2D eigenvalue weighted by atomic mass is 10.1.